The Morgan fingerprint density at radius 2 is 1.91 bits per heavy atom. The van der Waals surface area contributed by atoms with Gasteiger partial charge in [-0.3, -0.25) is 4.79 Å². The highest BCUT2D eigenvalue weighted by Crippen LogP contribution is 2.30. The Balaban J connectivity index is 1.48. The molecule has 0 radical (unpaired) electrons. The summed E-state index contributed by atoms with van der Waals surface area (Å²) in [6.45, 7) is 0. The van der Waals surface area contributed by atoms with Crippen molar-refractivity contribution in [2.75, 3.05) is 7.11 Å². The van der Waals surface area contributed by atoms with E-state index in [4.69, 9.17) is 4.74 Å². The molecule has 1 aliphatic rings. The minimum absolute atomic E-state index is 0.0351. The van der Waals surface area contributed by atoms with Gasteiger partial charge in [0.1, 0.15) is 5.75 Å². The fourth-order valence-electron chi connectivity index (χ4n) is 3.34. The van der Waals surface area contributed by atoms with Gasteiger partial charge in [-0.15, -0.1) is 0 Å². The molecule has 0 bridgehead atoms. The van der Waals surface area contributed by atoms with E-state index in [1.165, 1.54) is 22.2 Å². The molecule has 4 rings (SSSR count). The molecule has 116 valence electrons. The molecule has 0 aliphatic heterocycles. The molecule has 4 nitrogen and oxygen atoms in total. The van der Waals surface area contributed by atoms with Gasteiger partial charge in [0, 0.05) is 34.6 Å². The molecule has 0 spiro atoms. The highest BCUT2D eigenvalue weighted by atomic mass is 16.5. The lowest BCUT2D eigenvalue weighted by atomic mass is 10.1. The molecule has 0 saturated carbocycles. The lowest BCUT2D eigenvalue weighted by Crippen LogP contribution is -2.35. The molecule has 1 heterocycles. The van der Waals surface area contributed by atoms with Gasteiger partial charge in [0.15, 0.2) is 0 Å². The second-order valence-corrected chi connectivity index (χ2v) is 5.93. The number of nitrogens with one attached hydrogen (secondary N) is 2. The van der Waals surface area contributed by atoms with E-state index in [1.54, 1.807) is 31.4 Å². The fraction of sp³-hybridized carbons (Fsp3) is 0.211. The average Bonchev–Trinajstić information content (AvgIpc) is 3.12. The third-order valence-corrected chi connectivity index (χ3v) is 4.49. The zero-order valence-electron chi connectivity index (χ0n) is 12.9. The van der Waals surface area contributed by atoms with Crippen LogP contribution in [0.25, 0.3) is 10.9 Å². The van der Waals surface area contributed by atoms with E-state index in [0.29, 0.717) is 5.56 Å². The molecule has 0 saturated heterocycles. The molecule has 2 N–H and O–H groups in total. The zero-order chi connectivity index (χ0) is 15.8. The van der Waals surface area contributed by atoms with E-state index < -0.39 is 0 Å². The van der Waals surface area contributed by atoms with Crippen molar-refractivity contribution in [1.29, 1.82) is 0 Å². The topological polar surface area (TPSA) is 54.1 Å². The molecular formula is C19H18N2O2. The third kappa shape index (κ3) is 2.46. The maximum atomic E-state index is 12.4. The van der Waals surface area contributed by atoms with Crippen molar-refractivity contribution in [3.05, 3.63) is 65.4 Å². The van der Waals surface area contributed by atoms with Crippen LogP contribution in [0.1, 0.15) is 21.6 Å². The van der Waals surface area contributed by atoms with Gasteiger partial charge in [0.05, 0.1) is 7.11 Å². The third-order valence-electron chi connectivity index (χ3n) is 4.49. The summed E-state index contributed by atoms with van der Waals surface area (Å²) in [4.78, 5) is 15.8. The summed E-state index contributed by atoms with van der Waals surface area (Å²) in [5, 5.41) is 4.40. The Kier molecular flexibility index (Phi) is 3.30. The molecule has 1 aromatic heterocycles. The summed E-state index contributed by atoms with van der Waals surface area (Å²) in [5.74, 6) is 0.718. The van der Waals surface area contributed by atoms with Crippen molar-refractivity contribution >= 4 is 16.8 Å². The molecule has 1 aliphatic carbocycles. The van der Waals surface area contributed by atoms with Crippen LogP contribution >= 0.6 is 0 Å². The number of hydrogen-bond donors (Lipinski definition) is 2. The van der Waals surface area contributed by atoms with Crippen molar-refractivity contribution < 1.29 is 9.53 Å². The van der Waals surface area contributed by atoms with Crippen LogP contribution in [0.2, 0.25) is 0 Å². The average molecular weight is 306 g/mol. The van der Waals surface area contributed by atoms with Gasteiger partial charge >= 0.3 is 0 Å². The molecule has 3 aromatic rings. The first kappa shape index (κ1) is 13.9. The number of aromatic amines is 1. The van der Waals surface area contributed by atoms with Gasteiger partial charge < -0.3 is 15.0 Å². The number of ether oxygens (including phenoxy) is 1. The summed E-state index contributed by atoms with van der Waals surface area (Å²) in [5.41, 5.74) is 4.41. The lowest BCUT2D eigenvalue weighted by molar-refractivity contribution is 0.0938. The van der Waals surface area contributed by atoms with Gasteiger partial charge in [-0.1, -0.05) is 18.2 Å². The number of carbonyl (C=O) groups is 1. The van der Waals surface area contributed by atoms with E-state index in [-0.39, 0.29) is 11.9 Å². The van der Waals surface area contributed by atoms with Crippen LogP contribution in [0.4, 0.5) is 0 Å². The Hall–Kier alpha value is -2.75. The Bertz CT molecular complexity index is 865. The quantitative estimate of drug-likeness (QED) is 0.781. The predicted molar refractivity (Wildman–Crippen MR) is 90.0 cm³/mol. The van der Waals surface area contributed by atoms with Crippen LogP contribution in [0.15, 0.2) is 48.5 Å². The van der Waals surface area contributed by atoms with Crippen LogP contribution in [0.3, 0.4) is 0 Å². The maximum Gasteiger partial charge on any atom is 0.251 e. The number of aromatic nitrogens is 1. The van der Waals surface area contributed by atoms with Crippen molar-refractivity contribution in [1.82, 2.24) is 10.3 Å². The van der Waals surface area contributed by atoms with Crippen LogP contribution in [-0.2, 0) is 12.8 Å². The van der Waals surface area contributed by atoms with Gasteiger partial charge in [-0.05, 0) is 42.3 Å². The first-order valence-electron chi connectivity index (χ1n) is 7.78. The summed E-state index contributed by atoms with van der Waals surface area (Å²) in [6.07, 6.45) is 1.73. The molecule has 2 aromatic carbocycles. The van der Waals surface area contributed by atoms with E-state index in [1.807, 2.05) is 6.07 Å². The number of para-hydroxylation sites is 1. The van der Waals surface area contributed by atoms with E-state index in [2.05, 4.69) is 28.5 Å². The standard InChI is InChI=1S/C19H18N2O2/c1-23-14-8-6-12(7-9-14)19(22)20-13-10-16-15-4-2-3-5-17(15)21-18(16)11-13/h2-9,13,21H,10-11H2,1H3,(H,20,22). The number of amides is 1. The maximum absolute atomic E-state index is 12.4. The minimum Gasteiger partial charge on any atom is -0.497 e. The molecule has 23 heavy (non-hydrogen) atoms. The molecule has 1 atom stereocenters. The van der Waals surface area contributed by atoms with Gasteiger partial charge in [-0.2, -0.15) is 0 Å². The Morgan fingerprint density at radius 1 is 1.13 bits per heavy atom. The van der Waals surface area contributed by atoms with Crippen LogP contribution in [0, 0.1) is 0 Å². The first-order valence-corrected chi connectivity index (χ1v) is 7.78. The zero-order valence-corrected chi connectivity index (χ0v) is 12.9. The molecule has 1 unspecified atom stereocenters. The smallest absolute Gasteiger partial charge is 0.251 e. The normalized spacial score (nSPS) is 16.3. The van der Waals surface area contributed by atoms with E-state index >= 15 is 0 Å². The van der Waals surface area contributed by atoms with Crippen LogP contribution in [0.5, 0.6) is 5.75 Å². The second-order valence-electron chi connectivity index (χ2n) is 5.93. The van der Waals surface area contributed by atoms with Crippen molar-refractivity contribution in [3.63, 3.8) is 0 Å². The predicted octanol–water partition coefficient (Wildman–Crippen LogP) is 3.07. The van der Waals surface area contributed by atoms with Crippen molar-refractivity contribution in [2.24, 2.45) is 0 Å². The van der Waals surface area contributed by atoms with E-state index in [0.717, 1.165) is 18.6 Å². The number of rotatable bonds is 3. The second kappa shape index (κ2) is 5.47. The SMILES string of the molecule is COc1ccc(C(=O)NC2Cc3[nH]c4ccccc4c3C2)cc1. The lowest BCUT2D eigenvalue weighted by Gasteiger charge is -2.12. The number of fused-ring (bicyclic) bond motifs is 3. The fourth-order valence-corrected chi connectivity index (χ4v) is 3.34. The Labute approximate surface area is 134 Å². The Morgan fingerprint density at radius 3 is 2.70 bits per heavy atom. The molecule has 1 amide bonds. The van der Waals surface area contributed by atoms with Crippen LogP contribution < -0.4 is 10.1 Å². The summed E-state index contributed by atoms with van der Waals surface area (Å²) in [6, 6.07) is 15.7. The number of methoxy groups -OCH3 is 1. The molecule has 0 fully saturated rings. The highest BCUT2D eigenvalue weighted by Gasteiger charge is 2.26. The largest absolute Gasteiger partial charge is 0.497 e. The summed E-state index contributed by atoms with van der Waals surface area (Å²) in [7, 11) is 1.62. The van der Waals surface area contributed by atoms with Crippen LogP contribution in [-0.4, -0.2) is 24.0 Å². The van der Waals surface area contributed by atoms with Gasteiger partial charge in [0.25, 0.3) is 5.91 Å². The highest BCUT2D eigenvalue weighted by molar-refractivity contribution is 5.94. The number of H-pyrrole nitrogens is 1. The summed E-state index contributed by atoms with van der Waals surface area (Å²) >= 11 is 0. The molecule has 4 heteroatoms. The number of hydrogen-bond acceptors (Lipinski definition) is 2. The van der Waals surface area contributed by atoms with Crippen molar-refractivity contribution in [2.45, 2.75) is 18.9 Å². The minimum atomic E-state index is -0.0351. The summed E-state index contributed by atoms with van der Waals surface area (Å²) < 4.78 is 5.12. The van der Waals surface area contributed by atoms with Gasteiger partial charge in [-0.25, -0.2) is 0 Å². The van der Waals surface area contributed by atoms with E-state index in [9.17, 15) is 4.79 Å². The molecular weight excluding hydrogens is 288 g/mol. The number of benzene rings is 2. The monoisotopic (exact) mass is 306 g/mol. The van der Waals surface area contributed by atoms with Gasteiger partial charge in [0.2, 0.25) is 0 Å². The van der Waals surface area contributed by atoms with Crippen molar-refractivity contribution in [3.8, 4) is 5.75 Å². The first-order chi connectivity index (χ1) is 11.2. The number of carbonyl (C=O) groups excluding carboxylic acids is 1.